The summed E-state index contributed by atoms with van der Waals surface area (Å²) in [7, 11) is 1.69. The number of methoxy groups -OCH3 is 1. The topological polar surface area (TPSA) is 58.2 Å². The monoisotopic (exact) mass is 349 g/mol. The van der Waals surface area contributed by atoms with Gasteiger partial charge in [-0.1, -0.05) is 24.3 Å². The second-order valence-electron chi connectivity index (χ2n) is 6.85. The lowest BCUT2D eigenvalue weighted by Crippen LogP contribution is -2.32. The zero-order valence-electron chi connectivity index (χ0n) is 14.9. The number of fused-ring (bicyclic) bond motifs is 1. The SMILES string of the molecule is COc1ccc(C[C@@H]2CCCN2Cc2nc3ccccc3c(=O)[nH]2)cc1. The summed E-state index contributed by atoms with van der Waals surface area (Å²) in [5.41, 5.74) is 2.01. The molecular weight excluding hydrogens is 326 g/mol. The molecule has 0 amide bonds. The van der Waals surface area contributed by atoms with E-state index in [9.17, 15) is 4.79 Å². The molecule has 1 fully saturated rings. The van der Waals surface area contributed by atoms with Gasteiger partial charge in [-0.05, 0) is 55.6 Å². The van der Waals surface area contributed by atoms with Gasteiger partial charge in [-0.15, -0.1) is 0 Å². The number of benzene rings is 2. The first-order valence-electron chi connectivity index (χ1n) is 9.08. The van der Waals surface area contributed by atoms with Gasteiger partial charge in [0.25, 0.3) is 5.56 Å². The van der Waals surface area contributed by atoms with Crippen molar-refractivity contribution in [3.05, 3.63) is 70.3 Å². The number of hydrogen-bond acceptors (Lipinski definition) is 4. The van der Waals surface area contributed by atoms with E-state index in [0.29, 0.717) is 18.0 Å². The number of likely N-dealkylation sites (tertiary alicyclic amines) is 1. The number of nitrogens with one attached hydrogen (secondary N) is 1. The van der Waals surface area contributed by atoms with Gasteiger partial charge in [0, 0.05) is 6.04 Å². The maximum Gasteiger partial charge on any atom is 0.258 e. The third-order valence-electron chi connectivity index (χ3n) is 5.14. The molecule has 1 N–H and O–H groups in total. The lowest BCUT2D eigenvalue weighted by Gasteiger charge is -2.24. The van der Waals surface area contributed by atoms with Crippen LogP contribution in [0.25, 0.3) is 10.9 Å². The van der Waals surface area contributed by atoms with Crippen LogP contribution in [-0.4, -0.2) is 34.6 Å². The molecule has 3 aromatic rings. The van der Waals surface area contributed by atoms with Crippen LogP contribution < -0.4 is 10.3 Å². The molecule has 0 unspecified atom stereocenters. The number of ether oxygens (including phenoxy) is 1. The third-order valence-corrected chi connectivity index (χ3v) is 5.14. The van der Waals surface area contributed by atoms with E-state index in [1.165, 1.54) is 18.4 Å². The standard InChI is InChI=1S/C21H23N3O2/c1-26-17-10-8-15(9-11-17)13-16-5-4-12-24(16)14-20-22-19-7-3-2-6-18(19)21(25)23-20/h2-3,6-11,16H,4-5,12-14H2,1H3,(H,22,23,25)/t16-/m0/s1. The van der Waals surface area contributed by atoms with Crippen LogP contribution in [0.5, 0.6) is 5.75 Å². The molecule has 1 atom stereocenters. The molecule has 0 spiro atoms. The molecule has 2 aromatic carbocycles. The van der Waals surface area contributed by atoms with E-state index >= 15 is 0 Å². The van der Waals surface area contributed by atoms with Gasteiger partial charge in [0.1, 0.15) is 11.6 Å². The molecule has 1 saturated heterocycles. The first kappa shape index (κ1) is 16.8. The fraction of sp³-hybridized carbons (Fsp3) is 0.333. The Labute approximate surface area is 152 Å². The molecule has 134 valence electrons. The highest BCUT2D eigenvalue weighted by atomic mass is 16.5. The summed E-state index contributed by atoms with van der Waals surface area (Å²) in [5.74, 6) is 1.63. The molecular formula is C21H23N3O2. The van der Waals surface area contributed by atoms with Crippen molar-refractivity contribution in [3.8, 4) is 5.75 Å². The van der Waals surface area contributed by atoms with Crippen LogP contribution in [0.2, 0.25) is 0 Å². The Balaban J connectivity index is 1.50. The predicted octanol–water partition coefficient (Wildman–Crippen LogP) is 3.14. The second-order valence-corrected chi connectivity index (χ2v) is 6.85. The molecule has 1 aliphatic heterocycles. The molecule has 1 aliphatic rings. The van der Waals surface area contributed by atoms with Gasteiger partial charge < -0.3 is 9.72 Å². The number of rotatable bonds is 5. The first-order chi connectivity index (χ1) is 12.7. The number of para-hydroxylation sites is 1. The van der Waals surface area contributed by atoms with Crippen molar-refractivity contribution in [2.45, 2.75) is 31.8 Å². The van der Waals surface area contributed by atoms with Crippen molar-refractivity contribution in [1.29, 1.82) is 0 Å². The summed E-state index contributed by atoms with van der Waals surface area (Å²) < 4.78 is 5.23. The lowest BCUT2D eigenvalue weighted by atomic mass is 10.0. The Morgan fingerprint density at radius 2 is 2.00 bits per heavy atom. The summed E-state index contributed by atoms with van der Waals surface area (Å²) in [4.78, 5) is 22.3. The number of H-pyrrole nitrogens is 1. The van der Waals surface area contributed by atoms with Crippen molar-refractivity contribution in [2.75, 3.05) is 13.7 Å². The van der Waals surface area contributed by atoms with Gasteiger partial charge in [-0.2, -0.15) is 0 Å². The Hall–Kier alpha value is -2.66. The van der Waals surface area contributed by atoms with Crippen LogP contribution in [0.4, 0.5) is 0 Å². The normalized spacial score (nSPS) is 17.7. The van der Waals surface area contributed by atoms with E-state index in [2.05, 4.69) is 27.0 Å². The average molecular weight is 349 g/mol. The maximum absolute atomic E-state index is 12.3. The van der Waals surface area contributed by atoms with E-state index in [-0.39, 0.29) is 5.56 Å². The molecule has 1 aromatic heterocycles. The zero-order valence-corrected chi connectivity index (χ0v) is 14.9. The van der Waals surface area contributed by atoms with Crippen LogP contribution in [0, 0.1) is 0 Å². The van der Waals surface area contributed by atoms with Crippen molar-refractivity contribution in [1.82, 2.24) is 14.9 Å². The Morgan fingerprint density at radius 1 is 1.19 bits per heavy atom. The fourth-order valence-electron chi connectivity index (χ4n) is 3.77. The second kappa shape index (κ2) is 7.30. The Morgan fingerprint density at radius 3 is 2.81 bits per heavy atom. The minimum absolute atomic E-state index is 0.0588. The van der Waals surface area contributed by atoms with E-state index in [1.807, 2.05) is 36.4 Å². The predicted molar refractivity (Wildman–Crippen MR) is 102 cm³/mol. The summed E-state index contributed by atoms with van der Waals surface area (Å²) in [6.45, 7) is 1.72. The summed E-state index contributed by atoms with van der Waals surface area (Å²) in [6.07, 6.45) is 3.35. The summed E-state index contributed by atoms with van der Waals surface area (Å²) in [6, 6.07) is 16.2. The Kier molecular flexibility index (Phi) is 4.71. The van der Waals surface area contributed by atoms with Crippen molar-refractivity contribution in [2.24, 2.45) is 0 Å². The number of hydrogen-bond donors (Lipinski definition) is 1. The molecule has 0 aliphatic carbocycles. The highest BCUT2D eigenvalue weighted by Crippen LogP contribution is 2.23. The van der Waals surface area contributed by atoms with Crippen LogP contribution >= 0.6 is 0 Å². The first-order valence-corrected chi connectivity index (χ1v) is 9.08. The summed E-state index contributed by atoms with van der Waals surface area (Å²) >= 11 is 0. The molecule has 5 nitrogen and oxygen atoms in total. The number of aromatic nitrogens is 2. The fourth-order valence-corrected chi connectivity index (χ4v) is 3.77. The minimum Gasteiger partial charge on any atom is -0.497 e. The lowest BCUT2D eigenvalue weighted by molar-refractivity contribution is 0.238. The van der Waals surface area contributed by atoms with E-state index in [1.54, 1.807) is 7.11 Å². The van der Waals surface area contributed by atoms with Gasteiger partial charge in [-0.25, -0.2) is 4.98 Å². The largest absolute Gasteiger partial charge is 0.497 e. The molecule has 5 heteroatoms. The third kappa shape index (κ3) is 3.48. The van der Waals surface area contributed by atoms with Crippen molar-refractivity contribution >= 4 is 10.9 Å². The van der Waals surface area contributed by atoms with E-state index in [0.717, 1.165) is 30.1 Å². The van der Waals surface area contributed by atoms with Crippen LogP contribution in [0.3, 0.4) is 0 Å². The van der Waals surface area contributed by atoms with Crippen molar-refractivity contribution in [3.63, 3.8) is 0 Å². The molecule has 4 rings (SSSR count). The van der Waals surface area contributed by atoms with Crippen LogP contribution in [0.1, 0.15) is 24.2 Å². The molecule has 0 radical (unpaired) electrons. The maximum atomic E-state index is 12.3. The highest BCUT2D eigenvalue weighted by molar-refractivity contribution is 5.77. The molecule has 2 heterocycles. The van der Waals surface area contributed by atoms with Crippen molar-refractivity contribution < 1.29 is 4.74 Å². The zero-order chi connectivity index (χ0) is 17.9. The van der Waals surface area contributed by atoms with Gasteiger partial charge in [0.05, 0.1) is 24.6 Å². The minimum atomic E-state index is -0.0588. The Bertz CT molecular complexity index is 949. The number of nitrogens with zero attached hydrogens (tertiary/aromatic N) is 2. The molecule has 0 saturated carbocycles. The van der Waals surface area contributed by atoms with E-state index in [4.69, 9.17) is 4.74 Å². The quantitative estimate of drug-likeness (QED) is 0.769. The average Bonchev–Trinajstić information content (AvgIpc) is 3.09. The highest BCUT2D eigenvalue weighted by Gasteiger charge is 2.25. The van der Waals surface area contributed by atoms with Crippen LogP contribution in [0.15, 0.2) is 53.3 Å². The number of aromatic amines is 1. The van der Waals surface area contributed by atoms with Gasteiger partial charge in [0.15, 0.2) is 0 Å². The summed E-state index contributed by atoms with van der Waals surface area (Å²) in [5, 5.41) is 0.646. The van der Waals surface area contributed by atoms with Gasteiger partial charge in [0.2, 0.25) is 0 Å². The van der Waals surface area contributed by atoms with Gasteiger partial charge >= 0.3 is 0 Å². The smallest absolute Gasteiger partial charge is 0.258 e. The molecule has 0 bridgehead atoms. The molecule has 26 heavy (non-hydrogen) atoms. The van der Waals surface area contributed by atoms with Crippen LogP contribution in [-0.2, 0) is 13.0 Å². The van der Waals surface area contributed by atoms with E-state index < -0.39 is 0 Å². The van der Waals surface area contributed by atoms with Gasteiger partial charge in [-0.3, -0.25) is 9.69 Å².